The van der Waals surface area contributed by atoms with Gasteiger partial charge in [0.15, 0.2) is 11.2 Å². The van der Waals surface area contributed by atoms with E-state index in [9.17, 15) is 15.3 Å². The van der Waals surface area contributed by atoms with Crippen molar-refractivity contribution in [3.8, 4) is 12.1 Å². The topological polar surface area (TPSA) is 64.7 Å². The molecular weight excluding hydrogens is 340 g/mol. The minimum atomic E-state index is -1.26. The molecule has 22 heavy (non-hydrogen) atoms. The highest BCUT2D eigenvalue weighted by molar-refractivity contribution is 9.10. The van der Waals surface area contributed by atoms with Crippen LogP contribution in [0.1, 0.15) is 21.8 Å². The maximum atomic E-state index is 12.7. The second-order valence-corrected chi connectivity index (χ2v) is 6.25. The number of carbonyl (C=O) groups excluding carboxylic acids is 1. The van der Waals surface area contributed by atoms with Gasteiger partial charge in [-0.1, -0.05) is 58.4 Å². The number of benzene rings is 2. The van der Waals surface area contributed by atoms with Crippen LogP contribution in [0, 0.1) is 34.0 Å². The van der Waals surface area contributed by atoms with Crippen LogP contribution >= 0.6 is 15.9 Å². The SMILES string of the molecule is N#CC1(C#N)C(C(=O)c2ccc(Br)cc2)C1c1ccccc1. The van der Waals surface area contributed by atoms with E-state index < -0.39 is 11.3 Å². The van der Waals surface area contributed by atoms with E-state index in [1.165, 1.54) is 0 Å². The summed E-state index contributed by atoms with van der Waals surface area (Å²) in [6.45, 7) is 0. The van der Waals surface area contributed by atoms with Gasteiger partial charge in [0, 0.05) is 16.0 Å². The zero-order valence-electron chi connectivity index (χ0n) is 11.5. The molecular formula is C18H11BrN2O. The van der Waals surface area contributed by atoms with Crippen LogP contribution < -0.4 is 0 Å². The Kier molecular flexibility index (Phi) is 3.56. The molecule has 1 fully saturated rings. The van der Waals surface area contributed by atoms with Crippen LogP contribution in [-0.2, 0) is 0 Å². The van der Waals surface area contributed by atoms with Crippen molar-refractivity contribution in [3.63, 3.8) is 0 Å². The lowest BCUT2D eigenvalue weighted by atomic mass is 10.0. The Morgan fingerprint density at radius 2 is 1.59 bits per heavy atom. The second-order valence-electron chi connectivity index (χ2n) is 5.33. The molecule has 2 aromatic rings. The summed E-state index contributed by atoms with van der Waals surface area (Å²) in [6, 6.07) is 20.5. The molecule has 106 valence electrons. The smallest absolute Gasteiger partial charge is 0.169 e. The third-order valence-electron chi connectivity index (χ3n) is 4.15. The average Bonchev–Trinajstić information content (AvgIpc) is 3.25. The van der Waals surface area contributed by atoms with E-state index in [2.05, 4.69) is 28.1 Å². The van der Waals surface area contributed by atoms with Gasteiger partial charge in [-0.15, -0.1) is 0 Å². The number of nitriles is 2. The molecule has 1 saturated carbocycles. The van der Waals surface area contributed by atoms with Crippen molar-refractivity contribution in [2.24, 2.45) is 11.3 Å². The number of ketones is 1. The van der Waals surface area contributed by atoms with E-state index in [-0.39, 0.29) is 11.7 Å². The minimum absolute atomic E-state index is 0.149. The first-order chi connectivity index (χ1) is 10.6. The van der Waals surface area contributed by atoms with Gasteiger partial charge in [0.1, 0.15) is 0 Å². The number of hydrogen-bond acceptors (Lipinski definition) is 3. The molecule has 3 rings (SSSR count). The van der Waals surface area contributed by atoms with Gasteiger partial charge in [-0.05, 0) is 17.7 Å². The normalized spacial score (nSPS) is 21.4. The predicted molar refractivity (Wildman–Crippen MR) is 84.8 cm³/mol. The molecule has 1 aliphatic rings. The van der Waals surface area contributed by atoms with E-state index in [0.29, 0.717) is 5.56 Å². The number of hydrogen-bond donors (Lipinski definition) is 0. The van der Waals surface area contributed by atoms with E-state index in [1.54, 1.807) is 24.3 Å². The van der Waals surface area contributed by atoms with Crippen LogP contribution in [0.3, 0.4) is 0 Å². The minimum Gasteiger partial charge on any atom is -0.294 e. The molecule has 2 atom stereocenters. The van der Waals surface area contributed by atoms with Crippen LogP contribution in [0.25, 0.3) is 0 Å². The van der Waals surface area contributed by atoms with E-state index in [0.717, 1.165) is 10.0 Å². The molecule has 0 aromatic heterocycles. The monoisotopic (exact) mass is 350 g/mol. The molecule has 0 N–H and O–H groups in total. The number of rotatable bonds is 3. The van der Waals surface area contributed by atoms with E-state index >= 15 is 0 Å². The Balaban J connectivity index is 1.99. The number of Topliss-reactive ketones (excluding diaryl/α,β-unsaturated/α-hetero) is 1. The van der Waals surface area contributed by atoms with Crippen molar-refractivity contribution in [3.05, 3.63) is 70.2 Å². The lowest BCUT2D eigenvalue weighted by molar-refractivity contribution is 0.0958. The fraction of sp³-hybridized carbons (Fsp3) is 0.167. The fourth-order valence-corrected chi connectivity index (χ4v) is 3.22. The second kappa shape index (κ2) is 5.40. The van der Waals surface area contributed by atoms with E-state index in [1.807, 2.05) is 30.3 Å². The van der Waals surface area contributed by atoms with Crippen LogP contribution in [0.2, 0.25) is 0 Å². The molecule has 4 heteroatoms. The molecule has 1 aliphatic carbocycles. The zero-order valence-corrected chi connectivity index (χ0v) is 13.1. The first-order valence-electron chi connectivity index (χ1n) is 6.81. The highest BCUT2D eigenvalue weighted by Gasteiger charge is 2.70. The van der Waals surface area contributed by atoms with Crippen LogP contribution in [0.5, 0.6) is 0 Å². The van der Waals surface area contributed by atoms with Crippen molar-refractivity contribution in [2.75, 3.05) is 0 Å². The molecule has 0 heterocycles. The molecule has 0 saturated heterocycles. The molecule has 0 amide bonds. The summed E-state index contributed by atoms with van der Waals surface area (Å²) in [6.07, 6.45) is 0. The average molecular weight is 351 g/mol. The summed E-state index contributed by atoms with van der Waals surface area (Å²) in [5.41, 5.74) is 0.133. The predicted octanol–water partition coefficient (Wildman–Crippen LogP) is 4.08. The highest BCUT2D eigenvalue weighted by Crippen LogP contribution is 2.65. The number of halogens is 1. The first-order valence-corrected chi connectivity index (χ1v) is 7.60. The largest absolute Gasteiger partial charge is 0.294 e. The van der Waals surface area contributed by atoms with Crippen LogP contribution in [0.15, 0.2) is 59.1 Å². The van der Waals surface area contributed by atoms with Crippen molar-refractivity contribution in [2.45, 2.75) is 5.92 Å². The van der Waals surface area contributed by atoms with E-state index in [4.69, 9.17) is 0 Å². The summed E-state index contributed by atoms with van der Waals surface area (Å²) in [4.78, 5) is 12.7. The first kappa shape index (κ1) is 14.5. The summed E-state index contributed by atoms with van der Waals surface area (Å²) in [7, 11) is 0. The molecule has 3 nitrogen and oxygen atoms in total. The molecule has 2 unspecified atom stereocenters. The Morgan fingerprint density at radius 3 is 2.14 bits per heavy atom. The van der Waals surface area contributed by atoms with Crippen molar-refractivity contribution in [1.29, 1.82) is 10.5 Å². The Bertz CT molecular complexity index is 786. The molecule has 0 bridgehead atoms. The fourth-order valence-electron chi connectivity index (χ4n) is 2.96. The van der Waals surface area contributed by atoms with Gasteiger partial charge in [-0.25, -0.2) is 0 Å². The lowest BCUT2D eigenvalue weighted by Gasteiger charge is -2.00. The summed E-state index contributed by atoms with van der Waals surface area (Å²) in [5.74, 6) is -1.12. The quantitative estimate of drug-likeness (QED) is 0.783. The van der Waals surface area contributed by atoms with Crippen molar-refractivity contribution in [1.82, 2.24) is 0 Å². The maximum Gasteiger partial charge on any atom is 0.169 e. The van der Waals surface area contributed by atoms with Crippen molar-refractivity contribution < 1.29 is 4.79 Å². The standard InChI is InChI=1S/C18H11BrN2O/c19-14-8-6-13(7-9-14)17(22)16-15(18(16,10-20)11-21)12-4-2-1-3-5-12/h1-9,15-16H. The molecule has 0 radical (unpaired) electrons. The van der Waals surface area contributed by atoms with Gasteiger partial charge in [-0.2, -0.15) is 10.5 Å². The zero-order chi connectivity index (χ0) is 15.7. The van der Waals surface area contributed by atoms with Crippen molar-refractivity contribution >= 4 is 21.7 Å². The summed E-state index contributed by atoms with van der Waals surface area (Å²) in [5, 5.41) is 18.9. The Morgan fingerprint density at radius 1 is 1.00 bits per heavy atom. The summed E-state index contributed by atoms with van der Waals surface area (Å²) >= 11 is 3.33. The van der Waals surface area contributed by atoms with Gasteiger partial charge in [0.05, 0.1) is 18.1 Å². The van der Waals surface area contributed by atoms with Gasteiger partial charge >= 0.3 is 0 Å². The third kappa shape index (κ3) is 2.13. The summed E-state index contributed by atoms with van der Waals surface area (Å²) < 4.78 is 0.881. The number of carbonyl (C=O) groups is 1. The van der Waals surface area contributed by atoms with Crippen LogP contribution in [-0.4, -0.2) is 5.78 Å². The highest BCUT2D eigenvalue weighted by atomic mass is 79.9. The van der Waals surface area contributed by atoms with Gasteiger partial charge < -0.3 is 0 Å². The molecule has 0 aliphatic heterocycles. The Labute approximate surface area is 136 Å². The lowest BCUT2D eigenvalue weighted by Crippen LogP contribution is -2.08. The maximum absolute atomic E-state index is 12.7. The van der Waals surface area contributed by atoms with Gasteiger partial charge in [0.2, 0.25) is 0 Å². The third-order valence-corrected chi connectivity index (χ3v) is 4.67. The van der Waals surface area contributed by atoms with Gasteiger partial charge in [0.25, 0.3) is 0 Å². The van der Waals surface area contributed by atoms with Gasteiger partial charge in [-0.3, -0.25) is 4.79 Å². The molecule has 2 aromatic carbocycles. The number of nitrogens with zero attached hydrogens (tertiary/aromatic N) is 2. The Hall–Kier alpha value is -2.43. The van der Waals surface area contributed by atoms with Crippen LogP contribution in [0.4, 0.5) is 0 Å². The molecule has 0 spiro atoms.